The number of carbonyl (C=O) groups excluding carboxylic acids is 2. The minimum atomic E-state index is -0.620. The van der Waals surface area contributed by atoms with E-state index in [4.69, 9.17) is 38.0 Å². The fourth-order valence-corrected chi connectivity index (χ4v) is 3.21. The van der Waals surface area contributed by atoms with Crippen LogP contribution in [0.3, 0.4) is 0 Å². The van der Waals surface area contributed by atoms with Gasteiger partial charge in [-0.3, -0.25) is 19.8 Å². The second-order valence-electron chi connectivity index (χ2n) is 5.88. The number of benzene rings is 2. The molecule has 0 saturated carbocycles. The maximum atomic E-state index is 13.1. The number of amides is 2. The van der Waals surface area contributed by atoms with E-state index in [0.717, 1.165) is 0 Å². The Morgan fingerprint density at radius 3 is 2.10 bits per heavy atom. The van der Waals surface area contributed by atoms with Gasteiger partial charge in [0, 0.05) is 17.2 Å². The van der Waals surface area contributed by atoms with Crippen LogP contribution >= 0.6 is 23.8 Å². The van der Waals surface area contributed by atoms with Gasteiger partial charge in [0.1, 0.15) is 22.8 Å². The molecule has 0 spiro atoms. The normalized spacial score (nSPS) is 15.4. The SMILES string of the molecule is COc1cc(OC)c(/C=C2/C(=O)NC(=S)N(c3ccc(Cl)cc3)C2=O)c(OC)c1. The van der Waals surface area contributed by atoms with E-state index in [1.807, 2.05) is 0 Å². The third-order valence-corrected chi connectivity index (χ3v) is 4.76. The number of rotatable bonds is 5. The molecule has 0 unspecified atom stereocenters. The first kappa shape index (κ1) is 20.6. The Bertz CT molecular complexity index is 995. The Morgan fingerprint density at radius 1 is 1.00 bits per heavy atom. The summed E-state index contributed by atoms with van der Waals surface area (Å²) in [6, 6.07) is 9.78. The van der Waals surface area contributed by atoms with Crippen LogP contribution in [0.15, 0.2) is 42.0 Å². The highest BCUT2D eigenvalue weighted by Gasteiger charge is 2.35. The van der Waals surface area contributed by atoms with Crippen LogP contribution in [0, 0.1) is 0 Å². The van der Waals surface area contributed by atoms with Gasteiger partial charge >= 0.3 is 0 Å². The summed E-state index contributed by atoms with van der Waals surface area (Å²) in [6.45, 7) is 0. The van der Waals surface area contributed by atoms with Crippen molar-refractivity contribution in [3.05, 3.63) is 52.6 Å². The molecular formula is C20H17ClN2O5S. The van der Waals surface area contributed by atoms with Crippen molar-refractivity contribution in [3.63, 3.8) is 0 Å². The Kier molecular flexibility index (Phi) is 6.05. The summed E-state index contributed by atoms with van der Waals surface area (Å²) in [7, 11) is 4.44. The van der Waals surface area contributed by atoms with E-state index in [1.54, 1.807) is 36.4 Å². The topological polar surface area (TPSA) is 77.1 Å². The molecule has 29 heavy (non-hydrogen) atoms. The van der Waals surface area contributed by atoms with Crippen molar-refractivity contribution in [3.8, 4) is 17.2 Å². The molecule has 7 nitrogen and oxygen atoms in total. The van der Waals surface area contributed by atoms with Crippen molar-refractivity contribution in [1.29, 1.82) is 0 Å². The number of nitrogens with zero attached hydrogens (tertiary/aromatic N) is 1. The maximum Gasteiger partial charge on any atom is 0.270 e. The lowest BCUT2D eigenvalue weighted by Crippen LogP contribution is -2.54. The highest BCUT2D eigenvalue weighted by Crippen LogP contribution is 2.36. The van der Waals surface area contributed by atoms with E-state index < -0.39 is 11.8 Å². The summed E-state index contributed by atoms with van der Waals surface area (Å²) >= 11 is 11.1. The molecule has 3 rings (SSSR count). The maximum absolute atomic E-state index is 13.1. The second-order valence-corrected chi connectivity index (χ2v) is 6.70. The second kappa shape index (κ2) is 8.50. The highest BCUT2D eigenvalue weighted by molar-refractivity contribution is 7.80. The number of hydrogen-bond acceptors (Lipinski definition) is 6. The van der Waals surface area contributed by atoms with Crippen LogP contribution in [0.4, 0.5) is 5.69 Å². The zero-order valence-corrected chi connectivity index (χ0v) is 17.4. The van der Waals surface area contributed by atoms with Crippen molar-refractivity contribution in [2.75, 3.05) is 26.2 Å². The monoisotopic (exact) mass is 432 g/mol. The molecule has 1 aliphatic rings. The Hall–Kier alpha value is -3.10. The number of anilines is 1. The Balaban J connectivity index is 2.11. The zero-order chi connectivity index (χ0) is 21.1. The van der Waals surface area contributed by atoms with Gasteiger partial charge in [-0.1, -0.05) is 11.6 Å². The van der Waals surface area contributed by atoms with Gasteiger partial charge in [0.25, 0.3) is 11.8 Å². The molecule has 1 aliphatic heterocycles. The van der Waals surface area contributed by atoms with E-state index in [2.05, 4.69) is 5.32 Å². The fraction of sp³-hybridized carbons (Fsp3) is 0.150. The number of methoxy groups -OCH3 is 3. The minimum absolute atomic E-state index is 0.0202. The van der Waals surface area contributed by atoms with Crippen molar-refractivity contribution < 1.29 is 23.8 Å². The predicted octanol–water partition coefficient (Wildman–Crippen LogP) is 3.20. The summed E-state index contributed by atoms with van der Waals surface area (Å²) in [5.74, 6) is 0.0522. The van der Waals surface area contributed by atoms with Crippen LogP contribution in [0.25, 0.3) is 6.08 Å². The van der Waals surface area contributed by atoms with Crippen molar-refractivity contribution in [2.45, 2.75) is 0 Å². The van der Waals surface area contributed by atoms with E-state index in [9.17, 15) is 9.59 Å². The molecule has 2 amide bonds. The molecule has 2 aromatic carbocycles. The van der Waals surface area contributed by atoms with Gasteiger partial charge in [-0.15, -0.1) is 0 Å². The summed E-state index contributed by atoms with van der Waals surface area (Å²) < 4.78 is 16.0. The molecule has 0 radical (unpaired) electrons. The zero-order valence-electron chi connectivity index (χ0n) is 15.8. The number of ether oxygens (including phenoxy) is 3. The van der Waals surface area contributed by atoms with E-state index >= 15 is 0 Å². The lowest BCUT2D eigenvalue weighted by molar-refractivity contribution is -0.122. The third kappa shape index (κ3) is 4.03. The fourth-order valence-electron chi connectivity index (χ4n) is 2.80. The third-order valence-electron chi connectivity index (χ3n) is 4.23. The molecule has 2 aromatic rings. The van der Waals surface area contributed by atoms with E-state index in [0.29, 0.717) is 33.5 Å². The first-order valence-electron chi connectivity index (χ1n) is 8.36. The van der Waals surface area contributed by atoms with Crippen molar-refractivity contribution in [2.24, 2.45) is 0 Å². The van der Waals surface area contributed by atoms with Crippen LogP contribution in [0.1, 0.15) is 5.56 Å². The minimum Gasteiger partial charge on any atom is -0.496 e. The molecule has 0 aromatic heterocycles. The molecular weight excluding hydrogens is 416 g/mol. The molecule has 0 atom stereocenters. The standard InChI is InChI=1S/C20H17ClN2O5S/c1-26-13-8-16(27-2)14(17(9-13)28-3)10-15-18(24)22-20(29)23(19(15)25)12-6-4-11(21)5-7-12/h4-10H,1-3H3,(H,22,24,29)/b15-10-. The lowest BCUT2D eigenvalue weighted by Gasteiger charge is -2.29. The van der Waals surface area contributed by atoms with Gasteiger partial charge in [-0.05, 0) is 42.6 Å². The molecule has 0 aliphatic carbocycles. The van der Waals surface area contributed by atoms with Crippen molar-refractivity contribution in [1.82, 2.24) is 5.32 Å². The molecule has 0 bridgehead atoms. The van der Waals surface area contributed by atoms with Gasteiger partial charge in [0.05, 0.1) is 32.6 Å². The molecule has 1 N–H and O–H groups in total. The predicted molar refractivity (Wildman–Crippen MR) is 114 cm³/mol. The first-order chi connectivity index (χ1) is 13.9. The molecule has 9 heteroatoms. The summed E-state index contributed by atoms with van der Waals surface area (Å²) in [4.78, 5) is 26.9. The van der Waals surface area contributed by atoms with E-state index in [-0.39, 0.29) is 10.7 Å². The molecule has 1 fully saturated rings. The van der Waals surface area contributed by atoms with Gasteiger partial charge < -0.3 is 14.2 Å². The average molecular weight is 433 g/mol. The lowest BCUT2D eigenvalue weighted by atomic mass is 10.0. The van der Waals surface area contributed by atoms with Crippen LogP contribution in [0.5, 0.6) is 17.2 Å². The first-order valence-corrected chi connectivity index (χ1v) is 9.15. The number of halogens is 1. The van der Waals surface area contributed by atoms with Crippen LogP contribution < -0.4 is 24.4 Å². The van der Waals surface area contributed by atoms with E-state index in [1.165, 1.54) is 32.3 Å². The highest BCUT2D eigenvalue weighted by atomic mass is 35.5. The van der Waals surface area contributed by atoms with Crippen molar-refractivity contribution >= 4 is 52.5 Å². The number of hydrogen-bond donors (Lipinski definition) is 1. The summed E-state index contributed by atoms with van der Waals surface area (Å²) in [5.41, 5.74) is 0.762. The smallest absolute Gasteiger partial charge is 0.270 e. The van der Waals surface area contributed by atoms with Gasteiger partial charge in [0.2, 0.25) is 0 Å². The van der Waals surface area contributed by atoms with Crippen LogP contribution in [0.2, 0.25) is 5.02 Å². The van der Waals surface area contributed by atoms with Gasteiger partial charge in [-0.2, -0.15) is 0 Å². The average Bonchev–Trinajstić information content (AvgIpc) is 2.71. The number of thiocarbonyl (C=S) groups is 1. The number of nitrogens with one attached hydrogen (secondary N) is 1. The number of carbonyl (C=O) groups is 2. The largest absolute Gasteiger partial charge is 0.496 e. The molecule has 1 saturated heterocycles. The quantitative estimate of drug-likeness (QED) is 0.444. The van der Waals surface area contributed by atoms with Gasteiger partial charge in [-0.25, -0.2) is 0 Å². The Labute approximate surface area is 177 Å². The Morgan fingerprint density at radius 2 is 1.59 bits per heavy atom. The summed E-state index contributed by atoms with van der Waals surface area (Å²) in [6.07, 6.45) is 1.40. The van der Waals surface area contributed by atoms with Crippen LogP contribution in [-0.2, 0) is 9.59 Å². The molecule has 150 valence electrons. The van der Waals surface area contributed by atoms with Gasteiger partial charge in [0.15, 0.2) is 5.11 Å². The summed E-state index contributed by atoms with van der Waals surface area (Å²) in [5, 5.41) is 3.02. The molecule has 1 heterocycles. The van der Waals surface area contributed by atoms with Crippen LogP contribution in [-0.4, -0.2) is 38.3 Å².